The van der Waals surface area contributed by atoms with Crippen molar-refractivity contribution in [3.8, 4) is 0 Å². The van der Waals surface area contributed by atoms with Crippen molar-refractivity contribution in [1.82, 2.24) is 0 Å². The summed E-state index contributed by atoms with van der Waals surface area (Å²) in [6.45, 7) is 4.23. The van der Waals surface area contributed by atoms with E-state index in [1.807, 2.05) is 21.1 Å². The fourth-order valence-corrected chi connectivity index (χ4v) is 6.15. The Hall–Kier alpha value is -2.29. The van der Waals surface area contributed by atoms with Crippen LogP contribution in [-0.2, 0) is 32.7 Å². The number of hydrogen-bond acceptors (Lipinski definition) is 7. The van der Waals surface area contributed by atoms with Gasteiger partial charge >= 0.3 is 19.8 Å². The number of quaternary nitrogens is 1. The highest BCUT2D eigenvalue weighted by Crippen LogP contribution is 2.43. The van der Waals surface area contributed by atoms with E-state index in [4.69, 9.17) is 18.5 Å². The predicted molar refractivity (Wildman–Crippen MR) is 229 cm³/mol. The number of esters is 2. The highest BCUT2D eigenvalue weighted by molar-refractivity contribution is 7.47. The van der Waals surface area contributed by atoms with Gasteiger partial charge < -0.3 is 18.9 Å². The number of phosphoric ester groups is 1. The topological polar surface area (TPSA) is 108 Å². The van der Waals surface area contributed by atoms with E-state index in [0.29, 0.717) is 17.4 Å². The molecule has 0 bridgehead atoms. The lowest BCUT2D eigenvalue weighted by molar-refractivity contribution is -0.870. The van der Waals surface area contributed by atoms with E-state index >= 15 is 0 Å². The van der Waals surface area contributed by atoms with Crippen molar-refractivity contribution in [2.45, 2.75) is 168 Å². The van der Waals surface area contributed by atoms with Crippen LogP contribution in [0, 0.1) is 0 Å². The van der Waals surface area contributed by atoms with Crippen LogP contribution >= 0.6 is 7.82 Å². The van der Waals surface area contributed by atoms with Crippen LogP contribution in [0.15, 0.2) is 60.8 Å². The molecule has 0 saturated carbocycles. The van der Waals surface area contributed by atoms with E-state index in [0.717, 1.165) is 77.0 Å². The molecule has 10 heteroatoms. The molecule has 0 saturated heterocycles. The van der Waals surface area contributed by atoms with E-state index < -0.39 is 26.5 Å². The Morgan fingerprint density at radius 3 is 1.56 bits per heavy atom. The van der Waals surface area contributed by atoms with E-state index in [2.05, 4.69) is 74.6 Å². The summed E-state index contributed by atoms with van der Waals surface area (Å²) in [5, 5.41) is 0. The molecule has 318 valence electrons. The Kier molecular flexibility index (Phi) is 35.7. The van der Waals surface area contributed by atoms with E-state index in [1.54, 1.807) is 0 Å². The fraction of sp³-hybridized carbons (Fsp3) is 0.733. The molecule has 0 radical (unpaired) electrons. The van der Waals surface area contributed by atoms with E-state index in [9.17, 15) is 19.0 Å². The first-order valence-electron chi connectivity index (χ1n) is 21.5. The van der Waals surface area contributed by atoms with Gasteiger partial charge in [-0.05, 0) is 77.0 Å². The third-order valence-corrected chi connectivity index (χ3v) is 9.77. The Balaban J connectivity index is 4.41. The molecule has 0 aromatic carbocycles. The molecule has 0 fully saturated rings. The van der Waals surface area contributed by atoms with E-state index in [1.165, 1.54) is 51.4 Å². The molecule has 0 aromatic heterocycles. The Labute approximate surface area is 336 Å². The third kappa shape index (κ3) is 41.2. The second-order valence-electron chi connectivity index (χ2n) is 15.3. The Bertz CT molecular complexity index is 1120. The summed E-state index contributed by atoms with van der Waals surface area (Å²) in [5.74, 6) is -0.847. The van der Waals surface area contributed by atoms with Gasteiger partial charge in [-0.25, -0.2) is 4.57 Å². The third-order valence-electron chi connectivity index (χ3n) is 8.78. The number of hydrogen-bond donors (Lipinski definition) is 1. The van der Waals surface area contributed by atoms with Crippen LogP contribution in [0.3, 0.4) is 0 Å². The van der Waals surface area contributed by atoms with E-state index in [-0.39, 0.29) is 32.0 Å². The van der Waals surface area contributed by atoms with Gasteiger partial charge in [-0.2, -0.15) is 0 Å². The SMILES string of the molecule is CC/C=C\C/C=C\C/C=C\CCCCCC(=O)OC(COC(=O)CCCCCCCCC/C=C\C/C=C\CCCCCC)COP(=O)(O)OCC[N+](C)(C)C. The minimum absolute atomic E-state index is 0.0218. The van der Waals surface area contributed by atoms with Crippen molar-refractivity contribution in [3.63, 3.8) is 0 Å². The first kappa shape index (κ1) is 52.7. The van der Waals surface area contributed by atoms with Gasteiger partial charge in [0.2, 0.25) is 0 Å². The quantitative estimate of drug-likeness (QED) is 0.0216. The first-order chi connectivity index (χ1) is 26.5. The van der Waals surface area contributed by atoms with Crippen molar-refractivity contribution in [3.05, 3.63) is 60.8 Å². The van der Waals surface area contributed by atoms with Crippen LogP contribution in [0.1, 0.15) is 162 Å². The Morgan fingerprint density at radius 2 is 1.04 bits per heavy atom. The lowest BCUT2D eigenvalue weighted by atomic mass is 10.1. The summed E-state index contributed by atoms with van der Waals surface area (Å²) in [5.41, 5.74) is 0. The molecule has 0 aliphatic rings. The second-order valence-corrected chi connectivity index (χ2v) is 16.8. The average Bonchev–Trinajstić information content (AvgIpc) is 3.13. The number of nitrogens with zero attached hydrogens (tertiary/aromatic N) is 1. The number of carbonyl (C=O) groups excluding carboxylic acids is 2. The van der Waals surface area contributed by atoms with Crippen molar-refractivity contribution >= 4 is 19.8 Å². The van der Waals surface area contributed by atoms with Crippen molar-refractivity contribution < 1.29 is 42.1 Å². The molecule has 2 atom stereocenters. The zero-order valence-corrected chi connectivity index (χ0v) is 36.5. The summed E-state index contributed by atoms with van der Waals surface area (Å²) in [6, 6.07) is 0. The number of unbranched alkanes of at least 4 members (excludes halogenated alkanes) is 14. The normalized spacial score (nSPS) is 14.2. The van der Waals surface area contributed by atoms with Gasteiger partial charge in [-0.3, -0.25) is 18.6 Å². The number of likely N-dealkylation sites (N-methyl/N-ethyl adjacent to an activating group) is 1. The van der Waals surface area contributed by atoms with Crippen LogP contribution in [0.2, 0.25) is 0 Å². The molecular formula is C45H81NO8P+. The molecule has 0 rings (SSSR count). The van der Waals surface area contributed by atoms with Crippen LogP contribution in [0.4, 0.5) is 0 Å². The maximum Gasteiger partial charge on any atom is 0.472 e. The van der Waals surface area contributed by atoms with Crippen molar-refractivity contribution in [2.75, 3.05) is 47.5 Å². The predicted octanol–water partition coefficient (Wildman–Crippen LogP) is 12.1. The maximum atomic E-state index is 12.6. The zero-order chi connectivity index (χ0) is 40.7. The van der Waals surface area contributed by atoms with Crippen LogP contribution in [0.5, 0.6) is 0 Å². The standard InChI is InChI=1S/C45H80NO8P/c1-6-8-10-12-14-16-18-20-21-22-23-24-26-27-29-31-33-35-37-44(47)51-41-43(42-53-55(49,50)52-40-39-46(3,4)5)54-45(48)38-36-34-32-30-28-25-19-17-15-13-11-9-7-2/h9,11,15-18,21-22,25,28,43H,6-8,10,12-14,19-20,23-24,26-27,29-42H2,1-5H3/p+1/b11-9-,17-15-,18-16-,22-21-,28-25-. The number of rotatable bonds is 38. The molecule has 0 aliphatic carbocycles. The van der Waals surface area contributed by atoms with Crippen molar-refractivity contribution in [1.29, 1.82) is 0 Å². The van der Waals surface area contributed by atoms with Crippen LogP contribution in [-0.4, -0.2) is 74.9 Å². The van der Waals surface area contributed by atoms with Gasteiger partial charge in [-0.15, -0.1) is 0 Å². The summed E-state index contributed by atoms with van der Waals surface area (Å²) >= 11 is 0. The van der Waals surface area contributed by atoms with Gasteiger partial charge in [0, 0.05) is 12.8 Å². The number of carbonyl (C=O) groups is 2. The number of ether oxygens (including phenoxy) is 2. The summed E-state index contributed by atoms with van der Waals surface area (Å²) in [6.07, 6.45) is 44.1. The number of phosphoric acid groups is 1. The number of allylic oxidation sites excluding steroid dienone is 10. The van der Waals surface area contributed by atoms with Crippen molar-refractivity contribution in [2.24, 2.45) is 0 Å². The van der Waals surface area contributed by atoms with Gasteiger partial charge in [0.15, 0.2) is 6.10 Å². The second kappa shape index (κ2) is 37.3. The van der Waals surface area contributed by atoms with Gasteiger partial charge in [0.1, 0.15) is 19.8 Å². The summed E-state index contributed by atoms with van der Waals surface area (Å²) in [7, 11) is 1.44. The monoisotopic (exact) mass is 795 g/mol. The highest BCUT2D eigenvalue weighted by atomic mass is 31.2. The zero-order valence-electron chi connectivity index (χ0n) is 35.6. The summed E-state index contributed by atoms with van der Waals surface area (Å²) in [4.78, 5) is 35.3. The molecule has 55 heavy (non-hydrogen) atoms. The molecule has 1 N–H and O–H groups in total. The molecule has 0 heterocycles. The molecule has 0 aromatic rings. The molecule has 0 aliphatic heterocycles. The maximum absolute atomic E-state index is 12.6. The lowest BCUT2D eigenvalue weighted by Gasteiger charge is -2.24. The summed E-state index contributed by atoms with van der Waals surface area (Å²) < 4.78 is 34.2. The molecule has 0 amide bonds. The molecule has 9 nitrogen and oxygen atoms in total. The Morgan fingerprint density at radius 1 is 0.582 bits per heavy atom. The van der Waals surface area contributed by atoms with Gasteiger partial charge in [-0.1, -0.05) is 132 Å². The fourth-order valence-electron chi connectivity index (χ4n) is 5.41. The molecule has 0 spiro atoms. The highest BCUT2D eigenvalue weighted by Gasteiger charge is 2.27. The lowest BCUT2D eigenvalue weighted by Crippen LogP contribution is -2.37. The molecule has 2 unspecified atom stereocenters. The van der Waals surface area contributed by atoms with Crippen LogP contribution in [0.25, 0.3) is 0 Å². The minimum atomic E-state index is -4.38. The largest absolute Gasteiger partial charge is 0.472 e. The van der Waals surface area contributed by atoms with Gasteiger partial charge in [0.05, 0.1) is 27.7 Å². The smallest absolute Gasteiger partial charge is 0.462 e. The molecular weight excluding hydrogens is 713 g/mol. The first-order valence-corrected chi connectivity index (χ1v) is 23.0. The minimum Gasteiger partial charge on any atom is -0.462 e. The van der Waals surface area contributed by atoms with Gasteiger partial charge in [0.25, 0.3) is 0 Å². The average molecular weight is 795 g/mol. The van der Waals surface area contributed by atoms with Crippen LogP contribution < -0.4 is 0 Å².